The van der Waals surface area contributed by atoms with Crippen LogP contribution in [0.15, 0.2) is 29.1 Å². The maximum atomic E-state index is 12.5. The lowest BCUT2D eigenvalue weighted by molar-refractivity contribution is 0.355. The molecule has 0 radical (unpaired) electrons. The first-order valence-corrected chi connectivity index (χ1v) is 7.47. The van der Waals surface area contributed by atoms with Crippen LogP contribution in [-0.2, 0) is 13.6 Å². The van der Waals surface area contributed by atoms with Gasteiger partial charge in [0.2, 0.25) is 0 Å². The Morgan fingerprint density at radius 1 is 1.14 bits per heavy atom. The van der Waals surface area contributed by atoms with Gasteiger partial charge in [0.1, 0.15) is 4.64 Å². The first-order chi connectivity index (χ1) is 10.5. The van der Waals surface area contributed by atoms with Gasteiger partial charge in [-0.05, 0) is 30.7 Å². The summed E-state index contributed by atoms with van der Waals surface area (Å²) in [5, 5.41) is 0. The van der Waals surface area contributed by atoms with Crippen LogP contribution in [0.1, 0.15) is 13.3 Å². The van der Waals surface area contributed by atoms with Crippen molar-refractivity contribution in [3.63, 3.8) is 0 Å². The van der Waals surface area contributed by atoms with Gasteiger partial charge >= 0.3 is 5.69 Å². The van der Waals surface area contributed by atoms with Crippen LogP contribution < -0.4 is 15.2 Å². The molecule has 0 aliphatic heterocycles. The number of benzene rings is 1. The molecule has 118 valence electrons. The number of nitrogens with zero attached hydrogens (tertiary/aromatic N) is 2. The van der Waals surface area contributed by atoms with E-state index in [0.29, 0.717) is 22.7 Å². The summed E-state index contributed by atoms with van der Waals surface area (Å²) >= 11 is 5.28. The molecule has 0 atom stereocenters. The molecule has 0 bridgehead atoms. The molecule has 0 N–H and O–H groups in total. The zero-order valence-electron chi connectivity index (χ0n) is 13.3. The number of ether oxygens (including phenoxy) is 2. The fourth-order valence-electron chi connectivity index (χ4n) is 2.34. The molecular formula is C16H20N2O3S. The van der Waals surface area contributed by atoms with Gasteiger partial charge in [-0.2, -0.15) is 0 Å². The molecule has 1 aromatic heterocycles. The third-order valence-corrected chi connectivity index (χ3v) is 3.92. The van der Waals surface area contributed by atoms with Crippen molar-refractivity contribution in [2.24, 2.45) is 7.05 Å². The molecule has 1 heterocycles. The molecule has 0 saturated heterocycles. The monoisotopic (exact) mass is 320 g/mol. The molecule has 0 unspecified atom stereocenters. The summed E-state index contributed by atoms with van der Waals surface area (Å²) < 4.78 is 14.3. The highest BCUT2D eigenvalue weighted by Gasteiger charge is 2.12. The van der Waals surface area contributed by atoms with Crippen LogP contribution in [0.25, 0.3) is 11.3 Å². The third kappa shape index (κ3) is 2.92. The Morgan fingerprint density at radius 2 is 1.82 bits per heavy atom. The molecule has 0 amide bonds. The molecule has 2 rings (SSSR count). The van der Waals surface area contributed by atoms with Gasteiger partial charge < -0.3 is 9.47 Å². The molecule has 0 saturated carbocycles. The highest BCUT2D eigenvalue weighted by Crippen LogP contribution is 2.32. The number of aromatic nitrogens is 2. The first kappa shape index (κ1) is 16.3. The normalized spacial score (nSPS) is 10.5. The van der Waals surface area contributed by atoms with E-state index in [-0.39, 0.29) is 5.69 Å². The lowest BCUT2D eigenvalue weighted by atomic mass is 10.1. The van der Waals surface area contributed by atoms with Crippen LogP contribution in [0, 0.1) is 4.64 Å². The van der Waals surface area contributed by atoms with Gasteiger partial charge in [-0.3, -0.25) is 9.13 Å². The van der Waals surface area contributed by atoms with Crippen LogP contribution in [0.2, 0.25) is 0 Å². The second-order valence-corrected chi connectivity index (χ2v) is 5.35. The Hall–Kier alpha value is -2.08. The maximum Gasteiger partial charge on any atom is 0.329 e. The molecule has 0 aliphatic carbocycles. The Kier molecular flexibility index (Phi) is 5.03. The highest BCUT2D eigenvalue weighted by molar-refractivity contribution is 7.71. The number of methoxy groups -OCH3 is 2. The lowest BCUT2D eigenvalue weighted by Crippen LogP contribution is -2.30. The van der Waals surface area contributed by atoms with Gasteiger partial charge in [0, 0.05) is 19.2 Å². The average molecular weight is 320 g/mol. The first-order valence-electron chi connectivity index (χ1n) is 7.06. The molecule has 0 aliphatic rings. The Morgan fingerprint density at radius 3 is 2.41 bits per heavy atom. The summed E-state index contributed by atoms with van der Waals surface area (Å²) in [6.45, 7) is 2.67. The highest BCUT2D eigenvalue weighted by atomic mass is 32.1. The van der Waals surface area contributed by atoms with Crippen molar-refractivity contribution in [2.75, 3.05) is 14.2 Å². The largest absolute Gasteiger partial charge is 0.493 e. The van der Waals surface area contributed by atoms with Crippen LogP contribution in [0.4, 0.5) is 0 Å². The summed E-state index contributed by atoms with van der Waals surface area (Å²) in [6.07, 6.45) is 0.858. The summed E-state index contributed by atoms with van der Waals surface area (Å²) in [5.74, 6) is 1.27. The van der Waals surface area contributed by atoms with Crippen molar-refractivity contribution in [3.8, 4) is 22.8 Å². The van der Waals surface area contributed by atoms with E-state index < -0.39 is 0 Å². The minimum Gasteiger partial charge on any atom is -0.493 e. The Bertz CT molecular complexity index is 793. The van der Waals surface area contributed by atoms with Gasteiger partial charge in [-0.25, -0.2) is 4.79 Å². The molecule has 6 heteroatoms. The molecule has 2 aromatic rings. The van der Waals surface area contributed by atoms with E-state index in [4.69, 9.17) is 21.7 Å². The zero-order valence-corrected chi connectivity index (χ0v) is 14.1. The summed E-state index contributed by atoms with van der Waals surface area (Å²) in [7, 11) is 4.87. The van der Waals surface area contributed by atoms with Crippen molar-refractivity contribution in [1.29, 1.82) is 0 Å². The quantitative estimate of drug-likeness (QED) is 0.795. The molecular weight excluding hydrogens is 300 g/mol. The SMILES string of the molecule is CCCn1c(-c2ccc(OC)c(OC)c2)cc(=S)n(C)c1=O. The van der Waals surface area contributed by atoms with Crippen LogP contribution in [-0.4, -0.2) is 23.4 Å². The minimum atomic E-state index is -0.112. The standard InChI is InChI=1S/C16H20N2O3S/c1-5-8-18-12(10-15(22)17(2)16(18)19)11-6-7-13(20-3)14(9-11)21-4/h6-7,9-10H,5,8H2,1-4H3. The van der Waals surface area contributed by atoms with E-state index in [0.717, 1.165) is 17.7 Å². The maximum absolute atomic E-state index is 12.5. The zero-order chi connectivity index (χ0) is 16.3. The van der Waals surface area contributed by atoms with E-state index in [1.807, 2.05) is 31.2 Å². The van der Waals surface area contributed by atoms with Crippen molar-refractivity contribution >= 4 is 12.2 Å². The smallest absolute Gasteiger partial charge is 0.329 e. The topological polar surface area (TPSA) is 45.4 Å². The second-order valence-electron chi connectivity index (χ2n) is 4.93. The Labute approximate surface area is 134 Å². The average Bonchev–Trinajstić information content (AvgIpc) is 2.54. The van der Waals surface area contributed by atoms with Gasteiger partial charge in [0.25, 0.3) is 0 Å². The van der Waals surface area contributed by atoms with Crippen molar-refractivity contribution in [2.45, 2.75) is 19.9 Å². The predicted octanol–water partition coefficient (Wildman–Crippen LogP) is 3.01. The molecule has 0 spiro atoms. The van der Waals surface area contributed by atoms with Crippen LogP contribution in [0.5, 0.6) is 11.5 Å². The van der Waals surface area contributed by atoms with E-state index in [1.54, 1.807) is 25.8 Å². The van der Waals surface area contributed by atoms with Gasteiger partial charge in [-0.1, -0.05) is 19.1 Å². The lowest BCUT2D eigenvalue weighted by Gasteiger charge is -2.15. The molecule has 5 nitrogen and oxygen atoms in total. The van der Waals surface area contributed by atoms with Gasteiger partial charge in [0.15, 0.2) is 11.5 Å². The van der Waals surface area contributed by atoms with Gasteiger partial charge in [-0.15, -0.1) is 0 Å². The summed E-state index contributed by atoms with van der Waals surface area (Å²) in [4.78, 5) is 12.5. The number of hydrogen-bond donors (Lipinski definition) is 0. The number of hydrogen-bond acceptors (Lipinski definition) is 4. The number of rotatable bonds is 5. The Balaban J connectivity index is 2.71. The summed E-state index contributed by atoms with van der Waals surface area (Å²) in [5.41, 5.74) is 1.55. The molecule has 1 aromatic carbocycles. The van der Waals surface area contributed by atoms with Gasteiger partial charge in [0.05, 0.1) is 19.9 Å². The van der Waals surface area contributed by atoms with Crippen molar-refractivity contribution in [1.82, 2.24) is 9.13 Å². The van der Waals surface area contributed by atoms with E-state index in [1.165, 1.54) is 4.57 Å². The van der Waals surface area contributed by atoms with Crippen molar-refractivity contribution in [3.05, 3.63) is 39.4 Å². The fourth-order valence-corrected chi connectivity index (χ4v) is 2.53. The molecule has 22 heavy (non-hydrogen) atoms. The van der Waals surface area contributed by atoms with Crippen LogP contribution in [0.3, 0.4) is 0 Å². The third-order valence-electron chi connectivity index (χ3n) is 3.53. The summed E-state index contributed by atoms with van der Waals surface area (Å²) in [6, 6.07) is 7.42. The van der Waals surface area contributed by atoms with E-state index >= 15 is 0 Å². The fraction of sp³-hybridized carbons (Fsp3) is 0.375. The van der Waals surface area contributed by atoms with E-state index in [9.17, 15) is 4.79 Å². The molecule has 0 fully saturated rings. The van der Waals surface area contributed by atoms with Crippen molar-refractivity contribution < 1.29 is 9.47 Å². The van der Waals surface area contributed by atoms with E-state index in [2.05, 4.69) is 0 Å². The minimum absolute atomic E-state index is 0.112. The predicted molar refractivity (Wildman–Crippen MR) is 89.3 cm³/mol. The second kappa shape index (κ2) is 6.79. The van der Waals surface area contributed by atoms with Crippen LogP contribution >= 0.6 is 12.2 Å².